The molecule has 0 aromatic heterocycles. The van der Waals surface area contributed by atoms with E-state index >= 15 is 0 Å². The zero-order valence-electron chi connectivity index (χ0n) is 9.55. The number of carboxylic acid groups (broad SMARTS) is 1. The van der Waals surface area contributed by atoms with Crippen LogP contribution in [0.5, 0.6) is 5.75 Å². The van der Waals surface area contributed by atoms with Crippen LogP contribution in [0.3, 0.4) is 0 Å². The van der Waals surface area contributed by atoms with Crippen molar-refractivity contribution in [1.82, 2.24) is 5.48 Å². The minimum atomic E-state index is -1.22. The van der Waals surface area contributed by atoms with Crippen molar-refractivity contribution >= 4 is 11.9 Å². The number of benzene rings is 1. The Labute approximate surface area is 102 Å². The molecule has 6 nitrogen and oxygen atoms in total. The molecule has 1 unspecified atom stereocenters. The summed E-state index contributed by atoms with van der Waals surface area (Å²) in [5, 5.41) is 8.28. The van der Waals surface area contributed by atoms with Crippen LogP contribution in [0.2, 0.25) is 0 Å². The predicted molar refractivity (Wildman–Crippen MR) is 58.2 cm³/mol. The number of hydroxylamine groups is 1. The maximum Gasteiger partial charge on any atom is 0.332 e. The minimum absolute atomic E-state index is 0.0709. The number of hydrogen-bond acceptors (Lipinski definition) is 4. The van der Waals surface area contributed by atoms with Gasteiger partial charge in [-0.3, -0.25) is 9.63 Å². The van der Waals surface area contributed by atoms with Crippen molar-refractivity contribution in [2.45, 2.75) is 13.0 Å². The lowest BCUT2D eigenvalue weighted by Crippen LogP contribution is -2.37. The van der Waals surface area contributed by atoms with Gasteiger partial charge in [0.1, 0.15) is 0 Å². The number of ether oxygens (including phenoxy) is 1. The van der Waals surface area contributed by atoms with Gasteiger partial charge >= 0.3 is 5.97 Å². The largest absolute Gasteiger partial charge is 0.479 e. The van der Waals surface area contributed by atoms with Crippen molar-refractivity contribution in [2.75, 3.05) is 6.61 Å². The van der Waals surface area contributed by atoms with E-state index in [4.69, 9.17) is 9.84 Å². The zero-order valence-corrected chi connectivity index (χ0v) is 9.55. The van der Waals surface area contributed by atoms with Gasteiger partial charge in [0.05, 0.1) is 0 Å². The molecule has 1 atom stereocenters. The summed E-state index contributed by atoms with van der Waals surface area (Å²) in [5.74, 6) is -2.60. The van der Waals surface area contributed by atoms with Crippen LogP contribution in [-0.4, -0.2) is 29.7 Å². The monoisotopic (exact) mass is 257 g/mol. The maximum absolute atomic E-state index is 13.2. The summed E-state index contributed by atoms with van der Waals surface area (Å²) in [5.41, 5.74) is 1.89. The Kier molecular flexibility index (Phi) is 5.06. The van der Waals surface area contributed by atoms with E-state index in [-0.39, 0.29) is 5.75 Å². The average Bonchev–Trinajstić information content (AvgIpc) is 2.31. The molecule has 1 aromatic rings. The highest BCUT2D eigenvalue weighted by atomic mass is 19.1. The third-order valence-electron chi connectivity index (χ3n) is 1.88. The highest BCUT2D eigenvalue weighted by Gasteiger charge is 2.16. The molecular weight excluding hydrogens is 245 g/mol. The van der Waals surface area contributed by atoms with E-state index in [1.54, 1.807) is 6.07 Å². The molecule has 0 heterocycles. The molecule has 0 saturated heterocycles. The number of hydrogen-bond donors (Lipinski definition) is 2. The molecule has 7 heteroatoms. The number of carbonyl (C=O) groups is 2. The van der Waals surface area contributed by atoms with Crippen molar-refractivity contribution in [3.05, 3.63) is 30.1 Å². The van der Waals surface area contributed by atoms with E-state index in [1.807, 2.05) is 5.48 Å². The summed E-state index contributed by atoms with van der Waals surface area (Å²) >= 11 is 0. The zero-order chi connectivity index (χ0) is 13.5. The highest BCUT2D eigenvalue weighted by molar-refractivity contribution is 5.80. The Balaban J connectivity index is 2.45. The molecule has 0 aliphatic carbocycles. The molecule has 0 aliphatic rings. The summed E-state index contributed by atoms with van der Waals surface area (Å²) in [4.78, 5) is 25.9. The average molecular weight is 257 g/mol. The second-order valence-electron chi connectivity index (χ2n) is 3.34. The smallest absolute Gasteiger partial charge is 0.332 e. The lowest BCUT2D eigenvalue weighted by atomic mass is 10.3. The SMILES string of the molecule is CC(Oc1ccccc1F)C(=O)NOCC(=O)O. The fraction of sp³-hybridized carbons (Fsp3) is 0.273. The van der Waals surface area contributed by atoms with Gasteiger partial charge in [-0.25, -0.2) is 14.7 Å². The maximum atomic E-state index is 13.2. The van der Waals surface area contributed by atoms with Crippen molar-refractivity contribution in [3.8, 4) is 5.75 Å². The van der Waals surface area contributed by atoms with Crippen LogP contribution >= 0.6 is 0 Å². The molecule has 0 aliphatic heterocycles. The Morgan fingerprint density at radius 1 is 1.44 bits per heavy atom. The van der Waals surface area contributed by atoms with Gasteiger partial charge in [0, 0.05) is 0 Å². The molecule has 98 valence electrons. The molecule has 1 rings (SSSR count). The van der Waals surface area contributed by atoms with Crippen molar-refractivity contribution < 1.29 is 28.7 Å². The molecule has 0 fully saturated rings. The molecule has 2 N–H and O–H groups in total. The fourth-order valence-electron chi connectivity index (χ4n) is 1.04. The van der Waals surface area contributed by atoms with E-state index in [9.17, 15) is 14.0 Å². The standard InChI is InChI=1S/C11H12FNO5/c1-7(11(16)13-17-6-10(14)15)18-9-5-3-2-4-8(9)12/h2-5,7H,6H2,1H3,(H,13,16)(H,14,15). The predicted octanol–water partition coefficient (Wildman–Crippen LogP) is 0.725. The van der Waals surface area contributed by atoms with Crippen molar-refractivity contribution in [3.63, 3.8) is 0 Å². The molecule has 0 spiro atoms. The fourth-order valence-corrected chi connectivity index (χ4v) is 1.04. The summed E-state index contributed by atoms with van der Waals surface area (Å²) < 4.78 is 18.3. The van der Waals surface area contributed by atoms with Crippen LogP contribution in [0.1, 0.15) is 6.92 Å². The van der Waals surface area contributed by atoms with E-state index in [0.717, 1.165) is 0 Å². The number of carboxylic acids is 1. The first-order valence-corrected chi connectivity index (χ1v) is 5.05. The Morgan fingerprint density at radius 2 is 2.11 bits per heavy atom. The van der Waals surface area contributed by atoms with Crippen molar-refractivity contribution in [2.24, 2.45) is 0 Å². The van der Waals surface area contributed by atoms with Gasteiger partial charge in [-0.2, -0.15) is 0 Å². The number of para-hydroxylation sites is 1. The lowest BCUT2D eigenvalue weighted by Gasteiger charge is -2.14. The van der Waals surface area contributed by atoms with Crippen LogP contribution in [-0.2, 0) is 14.4 Å². The van der Waals surface area contributed by atoms with Crippen molar-refractivity contribution in [1.29, 1.82) is 0 Å². The number of carbonyl (C=O) groups excluding carboxylic acids is 1. The van der Waals surface area contributed by atoms with Gasteiger partial charge in [0.25, 0.3) is 5.91 Å². The van der Waals surface area contributed by atoms with E-state index < -0.39 is 30.4 Å². The van der Waals surface area contributed by atoms with Gasteiger partial charge < -0.3 is 9.84 Å². The van der Waals surface area contributed by atoms with Crippen LogP contribution in [0.15, 0.2) is 24.3 Å². The van der Waals surface area contributed by atoms with Crippen LogP contribution in [0.4, 0.5) is 4.39 Å². The summed E-state index contributed by atoms with van der Waals surface area (Å²) in [7, 11) is 0. The van der Waals surface area contributed by atoms with E-state index in [2.05, 4.69) is 4.84 Å². The second-order valence-corrected chi connectivity index (χ2v) is 3.34. The summed E-state index contributed by atoms with van der Waals surface area (Å²) in [6.07, 6.45) is -1.02. The molecule has 0 bridgehead atoms. The number of amides is 1. The van der Waals surface area contributed by atoms with Gasteiger partial charge in [-0.1, -0.05) is 12.1 Å². The van der Waals surface area contributed by atoms with Crippen LogP contribution in [0.25, 0.3) is 0 Å². The molecule has 0 radical (unpaired) electrons. The number of nitrogens with one attached hydrogen (secondary N) is 1. The number of rotatable bonds is 6. The van der Waals surface area contributed by atoms with Gasteiger partial charge in [0.2, 0.25) is 0 Å². The normalized spacial score (nSPS) is 11.7. The third kappa shape index (κ3) is 4.38. The second kappa shape index (κ2) is 6.55. The molecule has 18 heavy (non-hydrogen) atoms. The summed E-state index contributed by atoms with van der Waals surface area (Å²) in [6, 6.07) is 5.62. The summed E-state index contributed by atoms with van der Waals surface area (Å²) in [6.45, 7) is 0.712. The first kappa shape index (κ1) is 13.9. The first-order chi connectivity index (χ1) is 8.50. The number of aliphatic carboxylic acids is 1. The van der Waals surface area contributed by atoms with Gasteiger partial charge in [-0.15, -0.1) is 0 Å². The molecule has 0 saturated carbocycles. The molecular formula is C11H12FNO5. The highest BCUT2D eigenvalue weighted by Crippen LogP contribution is 2.16. The van der Waals surface area contributed by atoms with Crippen LogP contribution < -0.4 is 10.2 Å². The van der Waals surface area contributed by atoms with E-state index in [0.29, 0.717) is 0 Å². The minimum Gasteiger partial charge on any atom is -0.479 e. The lowest BCUT2D eigenvalue weighted by molar-refractivity contribution is -0.151. The third-order valence-corrected chi connectivity index (χ3v) is 1.88. The molecule has 1 aromatic carbocycles. The Bertz CT molecular complexity index is 437. The number of halogens is 1. The molecule has 1 amide bonds. The van der Waals surface area contributed by atoms with E-state index in [1.165, 1.54) is 25.1 Å². The Hall–Kier alpha value is -2.15. The van der Waals surface area contributed by atoms with Crippen LogP contribution in [0, 0.1) is 5.82 Å². The quantitative estimate of drug-likeness (QED) is 0.734. The topological polar surface area (TPSA) is 84.9 Å². The van der Waals surface area contributed by atoms with Gasteiger partial charge in [0.15, 0.2) is 24.3 Å². The van der Waals surface area contributed by atoms with Gasteiger partial charge in [-0.05, 0) is 19.1 Å². The first-order valence-electron chi connectivity index (χ1n) is 5.05. The Morgan fingerprint density at radius 3 is 2.72 bits per heavy atom.